The first-order valence-electron chi connectivity index (χ1n) is 9.76. The van der Waals surface area contributed by atoms with Crippen molar-refractivity contribution < 1.29 is 22.4 Å². The van der Waals surface area contributed by atoms with Crippen LogP contribution in [0.2, 0.25) is 0 Å². The Hall–Kier alpha value is -3.30. The van der Waals surface area contributed by atoms with Crippen LogP contribution >= 0.6 is 0 Å². The summed E-state index contributed by atoms with van der Waals surface area (Å²) in [5.41, 5.74) is 6.10. The van der Waals surface area contributed by atoms with Gasteiger partial charge in [0.15, 0.2) is 0 Å². The molecule has 0 unspecified atom stereocenters. The van der Waals surface area contributed by atoms with Gasteiger partial charge in [-0.2, -0.15) is 13.2 Å². The number of nitrogen functional groups attached to an aromatic ring is 1. The van der Waals surface area contributed by atoms with Crippen molar-refractivity contribution in [3.05, 3.63) is 63.8 Å². The molecule has 1 amide bonds. The number of nitrogens with zero attached hydrogens (tertiary/aromatic N) is 2. The van der Waals surface area contributed by atoms with Gasteiger partial charge in [0.25, 0.3) is 0 Å². The van der Waals surface area contributed by atoms with Gasteiger partial charge in [0.05, 0.1) is 29.1 Å². The minimum absolute atomic E-state index is 0.0449. The van der Waals surface area contributed by atoms with Crippen LogP contribution in [0.1, 0.15) is 30.0 Å². The molecule has 3 aromatic rings. The molecule has 0 radical (unpaired) electrons. The largest absolute Gasteiger partial charge is 0.416 e. The van der Waals surface area contributed by atoms with Gasteiger partial charge in [0, 0.05) is 18.8 Å². The van der Waals surface area contributed by atoms with Crippen molar-refractivity contribution in [3.8, 4) is 0 Å². The highest BCUT2D eigenvalue weighted by Crippen LogP contribution is 2.31. The van der Waals surface area contributed by atoms with E-state index in [0.29, 0.717) is 42.2 Å². The van der Waals surface area contributed by atoms with E-state index in [1.165, 1.54) is 4.90 Å². The van der Waals surface area contributed by atoms with Gasteiger partial charge in [-0.3, -0.25) is 9.36 Å². The lowest BCUT2D eigenvalue weighted by Gasteiger charge is -2.33. The highest BCUT2D eigenvalue weighted by Gasteiger charge is 2.32. The summed E-state index contributed by atoms with van der Waals surface area (Å²) in [4.78, 5) is 29.5. The lowest BCUT2D eigenvalue weighted by Crippen LogP contribution is -2.43. The molecule has 0 aliphatic carbocycles. The molecule has 3 N–H and O–H groups in total. The van der Waals surface area contributed by atoms with Crippen LogP contribution in [0.3, 0.4) is 0 Å². The standard InChI is InChI=1S/C21H20F4N4O2/c22-14-7-12(6-13(9-14)21(23,24)25)8-19(30)28-5-1-2-16(11-28)29-18-10-15(26)3-4-17(18)27-20(29)31/h3-4,6-7,9-10,16H,1-2,5,8,11,26H2,(H,27,31)/t16-/m0/s1. The molecule has 31 heavy (non-hydrogen) atoms. The van der Waals surface area contributed by atoms with Gasteiger partial charge in [-0.1, -0.05) is 0 Å². The van der Waals surface area contributed by atoms with Crippen LogP contribution in [0.15, 0.2) is 41.2 Å². The van der Waals surface area contributed by atoms with Crippen molar-refractivity contribution in [2.75, 3.05) is 18.8 Å². The third kappa shape index (κ3) is 4.28. The topological polar surface area (TPSA) is 84.1 Å². The number of halogens is 4. The van der Waals surface area contributed by atoms with Crippen molar-refractivity contribution in [1.29, 1.82) is 0 Å². The second-order valence-electron chi connectivity index (χ2n) is 7.74. The Morgan fingerprint density at radius 1 is 1.19 bits per heavy atom. The van der Waals surface area contributed by atoms with Crippen molar-refractivity contribution in [2.45, 2.75) is 31.5 Å². The van der Waals surface area contributed by atoms with Gasteiger partial charge in [-0.25, -0.2) is 9.18 Å². The Morgan fingerprint density at radius 2 is 1.97 bits per heavy atom. The Kier molecular flexibility index (Phi) is 5.24. The molecule has 4 rings (SSSR count). The molecule has 1 fully saturated rings. The number of likely N-dealkylation sites (tertiary alicyclic amines) is 1. The van der Waals surface area contributed by atoms with Crippen LogP contribution in [-0.4, -0.2) is 33.4 Å². The summed E-state index contributed by atoms with van der Waals surface area (Å²) in [6, 6.07) is 6.87. The van der Waals surface area contributed by atoms with Gasteiger partial charge in [-0.15, -0.1) is 0 Å². The van der Waals surface area contributed by atoms with E-state index in [0.717, 1.165) is 12.1 Å². The van der Waals surface area contributed by atoms with E-state index >= 15 is 0 Å². The molecule has 164 valence electrons. The minimum Gasteiger partial charge on any atom is -0.399 e. The summed E-state index contributed by atoms with van der Waals surface area (Å²) >= 11 is 0. The smallest absolute Gasteiger partial charge is 0.399 e. The normalized spacial score (nSPS) is 17.3. The molecule has 1 atom stereocenters. The molecule has 0 spiro atoms. The number of carbonyl (C=O) groups is 1. The third-order valence-corrected chi connectivity index (χ3v) is 5.50. The zero-order valence-corrected chi connectivity index (χ0v) is 16.4. The summed E-state index contributed by atoms with van der Waals surface area (Å²) in [6.07, 6.45) is -3.78. The van der Waals surface area contributed by atoms with Crippen molar-refractivity contribution in [1.82, 2.24) is 14.5 Å². The third-order valence-electron chi connectivity index (χ3n) is 5.50. The summed E-state index contributed by atoms with van der Waals surface area (Å²) in [5, 5.41) is 0. The second-order valence-corrected chi connectivity index (χ2v) is 7.74. The first kappa shape index (κ1) is 21.0. The fourth-order valence-electron chi connectivity index (χ4n) is 4.10. The highest BCUT2D eigenvalue weighted by atomic mass is 19.4. The number of hydrogen-bond acceptors (Lipinski definition) is 3. The molecule has 1 saturated heterocycles. The van der Waals surface area contributed by atoms with E-state index in [9.17, 15) is 27.2 Å². The van der Waals surface area contributed by atoms with Gasteiger partial charge >= 0.3 is 11.9 Å². The fourth-order valence-corrected chi connectivity index (χ4v) is 4.10. The van der Waals surface area contributed by atoms with Gasteiger partial charge in [-0.05, 0) is 54.8 Å². The van der Waals surface area contributed by atoms with Gasteiger partial charge in [0.1, 0.15) is 5.82 Å². The molecule has 1 aromatic heterocycles. The number of aromatic nitrogens is 2. The maximum atomic E-state index is 13.6. The number of fused-ring (bicyclic) bond motifs is 1. The zero-order chi connectivity index (χ0) is 22.3. The maximum Gasteiger partial charge on any atom is 0.416 e. The van der Waals surface area contributed by atoms with Crippen molar-refractivity contribution >= 4 is 22.6 Å². The summed E-state index contributed by atoms with van der Waals surface area (Å²) in [7, 11) is 0. The van der Waals surface area contributed by atoms with Crippen LogP contribution in [0.5, 0.6) is 0 Å². The number of rotatable bonds is 3. The Balaban J connectivity index is 1.55. The van der Waals surface area contributed by atoms with Crippen LogP contribution in [0.25, 0.3) is 11.0 Å². The molecule has 10 heteroatoms. The summed E-state index contributed by atoms with van der Waals surface area (Å²) < 4.78 is 54.0. The van der Waals surface area contributed by atoms with Gasteiger partial charge < -0.3 is 15.6 Å². The van der Waals surface area contributed by atoms with E-state index < -0.39 is 23.5 Å². The monoisotopic (exact) mass is 436 g/mol. The number of piperidine rings is 1. The average molecular weight is 436 g/mol. The number of hydrogen-bond donors (Lipinski definition) is 2. The second kappa shape index (κ2) is 7.75. The molecule has 2 aromatic carbocycles. The Labute approximate surface area is 174 Å². The zero-order valence-electron chi connectivity index (χ0n) is 16.4. The van der Waals surface area contributed by atoms with Crippen LogP contribution in [0.4, 0.5) is 23.2 Å². The number of carbonyl (C=O) groups excluding carboxylic acids is 1. The van der Waals surface area contributed by atoms with Gasteiger partial charge in [0.2, 0.25) is 5.91 Å². The van der Waals surface area contributed by atoms with Crippen LogP contribution in [-0.2, 0) is 17.4 Å². The fraction of sp³-hybridized carbons (Fsp3) is 0.333. The number of aromatic amines is 1. The number of imidazole rings is 1. The number of nitrogens with two attached hydrogens (primary N) is 1. The lowest BCUT2D eigenvalue weighted by atomic mass is 10.0. The number of benzene rings is 2. The molecule has 6 nitrogen and oxygen atoms in total. The number of H-pyrrole nitrogens is 1. The van der Waals surface area contributed by atoms with E-state index in [-0.39, 0.29) is 30.3 Å². The summed E-state index contributed by atoms with van der Waals surface area (Å²) in [5.74, 6) is -1.46. The maximum absolute atomic E-state index is 13.6. The molecular formula is C21H20F4N4O2. The van der Waals surface area contributed by atoms with Crippen molar-refractivity contribution in [2.24, 2.45) is 0 Å². The quantitative estimate of drug-likeness (QED) is 0.487. The van der Waals surface area contributed by atoms with Crippen molar-refractivity contribution in [3.63, 3.8) is 0 Å². The van der Waals surface area contributed by atoms with Crippen LogP contribution < -0.4 is 11.4 Å². The molecule has 2 heterocycles. The molecule has 1 aliphatic heterocycles. The molecule has 0 bridgehead atoms. The number of nitrogens with one attached hydrogen (secondary N) is 1. The SMILES string of the molecule is Nc1ccc2[nH]c(=O)n([C@H]3CCCN(C(=O)Cc4cc(F)cc(C(F)(F)F)c4)C3)c2c1. The lowest BCUT2D eigenvalue weighted by molar-refractivity contribution is -0.138. The minimum atomic E-state index is -4.70. The Morgan fingerprint density at radius 3 is 2.71 bits per heavy atom. The first-order chi connectivity index (χ1) is 14.6. The number of anilines is 1. The molecule has 0 saturated carbocycles. The van der Waals surface area contributed by atoms with E-state index in [2.05, 4.69) is 4.98 Å². The molecular weight excluding hydrogens is 416 g/mol. The van der Waals surface area contributed by atoms with E-state index in [4.69, 9.17) is 5.73 Å². The summed E-state index contributed by atoms with van der Waals surface area (Å²) in [6.45, 7) is 0.637. The van der Waals surface area contributed by atoms with E-state index in [1.807, 2.05) is 0 Å². The Bertz CT molecular complexity index is 1200. The predicted molar refractivity (Wildman–Crippen MR) is 107 cm³/mol. The average Bonchev–Trinajstić information content (AvgIpc) is 3.02. The van der Waals surface area contributed by atoms with Crippen LogP contribution in [0, 0.1) is 5.82 Å². The van der Waals surface area contributed by atoms with E-state index in [1.54, 1.807) is 22.8 Å². The predicted octanol–water partition coefficient (Wildman–Crippen LogP) is 3.48. The highest BCUT2D eigenvalue weighted by molar-refractivity contribution is 5.80. The first-order valence-corrected chi connectivity index (χ1v) is 9.76. The molecule has 1 aliphatic rings. The number of amides is 1. The number of alkyl halides is 3.